The monoisotopic (exact) mass is 257 g/mol. The first kappa shape index (κ1) is 13.0. The summed E-state index contributed by atoms with van der Waals surface area (Å²) in [6.07, 6.45) is 7.48. The first-order valence-corrected chi connectivity index (χ1v) is 5.83. The third kappa shape index (κ3) is 2.52. The predicted octanol–water partition coefficient (Wildman–Crippen LogP) is 3.50. The van der Waals surface area contributed by atoms with Gasteiger partial charge in [-0.1, -0.05) is 29.8 Å². The molecule has 0 aliphatic rings. The van der Waals surface area contributed by atoms with Crippen molar-refractivity contribution >= 4 is 41.1 Å². The van der Waals surface area contributed by atoms with Crippen LogP contribution < -0.4 is 5.90 Å². The van der Waals surface area contributed by atoms with Gasteiger partial charge in [0.05, 0.1) is 5.02 Å². The molecule has 1 rings (SSSR count). The summed E-state index contributed by atoms with van der Waals surface area (Å²) in [7, 11) is 0. The zero-order chi connectivity index (χ0) is 12.1. The molecule has 1 aromatic heterocycles. The van der Waals surface area contributed by atoms with E-state index in [0.29, 0.717) is 9.90 Å². The first-order valence-electron chi connectivity index (χ1n) is 4.64. The van der Waals surface area contributed by atoms with Crippen molar-refractivity contribution in [3.8, 4) is 0 Å². The van der Waals surface area contributed by atoms with Gasteiger partial charge in [-0.25, -0.2) is 4.79 Å². The van der Waals surface area contributed by atoms with Gasteiger partial charge in [0.1, 0.15) is 4.88 Å². The summed E-state index contributed by atoms with van der Waals surface area (Å²) in [6, 6.07) is 0. The Labute approximate surface area is 103 Å². The van der Waals surface area contributed by atoms with Crippen LogP contribution in [0.2, 0.25) is 5.02 Å². The highest BCUT2D eigenvalue weighted by Gasteiger charge is 2.19. The molecule has 0 aliphatic heterocycles. The van der Waals surface area contributed by atoms with E-state index in [9.17, 15) is 4.79 Å². The van der Waals surface area contributed by atoms with E-state index in [1.807, 2.05) is 38.2 Å². The number of hydrogen-bond donors (Lipinski definition) is 1. The van der Waals surface area contributed by atoms with Crippen LogP contribution >= 0.6 is 22.9 Å². The van der Waals surface area contributed by atoms with Crippen molar-refractivity contribution in [2.75, 3.05) is 0 Å². The third-order valence-electron chi connectivity index (χ3n) is 1.86. The van der Waals surface area contributed by atoms with E-state index in [2.05, 4.69) is 4.84 Å². The molecule has 0 bridgehead atoms. The lowest BCUT2D eigenvalue weighted by Gasteiger charge is -1.94. The van der Waals surface area contributed by atoms with Gasteiger partial charge < -0.3 is 4.84 Å². The molecule has 86 valence electrons. The third-order valence-corrected chi connectivity index (χ3v) is 3.51. The van der Waals surface area contributed by atoms with Gasteiger partial charge in [-0.15, -0.1) is 11.3 Å². The highest BCUT2D eigenvalue weighted by atomic mass is 35.5. The lowest BCUT2D eigenvalue weighted by molar-refractivity contribution is 0.0509. The fraction of sp³-hybridized carbons (Fsp3) is 0.182. The van der Waals surface area contributed by atoms with E-state index in [0.717, 1.165) is 10.4 Å². The molecule has 0 radical (unpaired) electrons. The van der Waals surface area contributed by atoms with E-state index < -0.39 is 5.97 Å². The van der Waals surface area contributed by atoms with Gasteiger partial charge in [0.15, 0.2) is 0 Å². The second kappa shape index (κ2) is 5.84. The standard InChI is InChI=1S/C11H12ClNO2S/c1-3-5-7-8(6-4-2)16-10(9(7)12)11(14)15-13/h3-6H,13H2,1-2H3/b5-3-,6-4-. The van der Waals surface area contributed by atoms with Crippen molar-refractivity contribution in [3.63, 3.8) is 0 Å². The van der Waals surface area contributed by atoms with Gasteiger partial charge in [0, 0.05) is 10.4 Å². The van der Waals surface area contributed by atoms with Crippen LogP contribution in [0.5, 0.6) is 0 Å². The van der Waals surface area contributed by atoms with Gasteiger partial charge in [-0.3, -0.25) is 0 Å². The lowest BCUT2D eigenvalue weighted by Crippen LogP contribution is -2.08. The summed E-state index contributed by atoms with van der Waals surface area (Å²) in [5, 5.41) is 0.381. The molecular formula is C11H12ClNO2S. The molecule has 1 heterocycles. The number of rotatable bonds is 3. The van der Waals surface area contributed by atoms with E-state index in [1.165, 1.54) is 11.3 Å². The highest BCUT2D eigenvalue weighted by molar-refractivity contribution is 7.15. The number of nitrogens with two attached hydrogens (primary N) is 1. The van der Waals surface area contributed by atoms with Crippen molar-refractivity contribution in [2.45, 2.75) is 13.8 Å². The molecule has 0 aliphatic carbocycles. The normalized spacial score (nSPS) is 11.5. The molecule has 0 saturated heterocycles. The van der Waals surface area contributed by atoms with Crippen LogP contribution in [0.4, 0.5) is 0 Å². The summed E-state index contributed by atoms with van der Waals surface area (Å²) in [5.74, 6) is 4.23. The van der Waals surface area contributed by atoms with Crippen molar-refractivity contribution in [1.82, 2.24) is 0 Å². The molecule has 0 amide bonds. The summed E-state index contributed by atoms with van der Waals surface area (Å²) >= 11 is 7.35. The van der Waals surface area contributed by atoms with Crippen LogP contribution in [0.25, 0.3) is 12.2 Å². The van der Waals surface area contributed by atoms with Crippen molar-refractivity contribution in [1.29, 1.82) is 0 Å². The second-order valence-electron chi connectivity index (χ2n) is 2.93. The molecule has 1 aromatic rings. The van der Waals surface area contributed by atoms with Crippen molar-refractivity contribution in [3.05, 3.63) is 32.5 Å². The van der Waals surface area contributed by atoms with Crippen LogP contribution in [-0.2, 0) is 4.84 Å². The Morgan fingerprint density at radius 2 is 2.00 bits per heavy atom. The van der Waals surface area contributed by atoms with Crippen molar-refractivity contribution in [2.24, 2.45) is 5.90 Å². The van der Waals surface area contributed by atoms with Gasteiger partial charge in [-0.2, -0.15) is 5.90 Å². The number of carbonyl (C=O) groups is 1. The Balaban J connectivity index is 3.34. The summed E-state index contributed by atoms with van der Waals surface area (Å²) in [6.45, 7) is 3.78. The molecule has 3 nitrogen and oxygen atoms in total. The fourth-order valence-electron chi connectivity index (χ4n) is 1.22. The van der Waals surface area contributed by atoms with Crippen molar-refractivity contribution < 1.29 is 9.63 Å². The first-order chi connectivity index (χ1) is 7.65. The highest BCUT2D eigenvalue weighted by Crippen LogP contribution is 2.35. The number of halogens is 1. The lowest BCUT2D eigenvalue weighted by atomic mass is 10.2. The Bertz CT molecular complexity index is 449. The molecule has 2 N–H and O–H groups in total. The van der Waals surface area contributed by atoms with Crippen LogP contribution in [0.1, 0.15) is 34.0 Å². The fourth-order valence-corrected chi connectivity index (χ4v) is 2.67. The molecule has 0 atom stereocenters. The molecule has 5 heteroatoms. The quantitative estimate of drug-likeness (QED) is 0.844. The predicted molar refractivity (Wildman–Crippen MR) is 68.3 cm³/mol. The van der Waals surface area contributed by atoms with Crippen LogP contribution in [-0.4, -0.2) is 5.97 Å². The molecule has 16 heavy (non-hydrogen) atoms. The smallest absolute Gasteiger partial charge is 0.368 e. The van der Waals surface area contributed by atoms with Gasteiger partial charge in [0.2, 0.25) is 0 Å². The van der Waals surface area contributed by atoms with E-state index in [-0.39, 0.29) is 0 Å². The molecular weight excluding hydrogens is 246 g/mol. The Morgan fingerprint density at radius 3 is 2.50 bits per heavy atom. The minimum Gasteiger partial charge on any atom is -0.369 e. The maximum Gasteiger partial charge on any atom is 0.368 e. The van der Waals surface area contributed by atoms with Gasteiger partial charge in [0.25, 0.3) is 0 Å². The molecule has 0 spiro atoms. The van der Waals surface area contributed by atoms with Crippen LogP contribution in [0, 0.1) is 0 Å². The minimum atomic E-state index is -0.614. The average molecular weight is 258 g/mol. The topological polar surface area (TPSA) is 52.3 Å². The van der Waals surface area contributed by atoms with Crippen LogP contribution in [0.15, 0.2) is 12.2 Å². The van der Waals surface area contributed by atoms with E-state index in [1.54, 1.807) is 0 Å². The number of hydrogen-bond acceptors (Lipinski definition) is 4. The van der Waals surface area contributed by atoms with Crippen LogP contribution in [0.3, 0.4) is 0 Å². The maximum absolute atomic E-state index is 11.3. The van der Waals surface area contributed by atoms with E-state index in [4.69, 9.17) is 17.5 Å². The van der Waals surface area contributed by atoms with Gasteiger partial charge in [-0.05, 0) is 19.9 Å². The Kier molecular flexibility index (Phi) is 4.73. The number of carbonyl (C=O) groups excluding carboxylic acids is 1. The minimum absolute atomic E-state index is 0.324. The zero-order valence-electron chi connectivity index (χ0n) is 8.99. The maximum atomic E-state index is 11.3. The summed E-state index contributed by atoms with van der Waals surface area (Å²) in [5.41, 5.74) is 0.813. The molecule has 0 unspecified atom stereocenters. The van der Waals surface area contributed by atoms with Gasteiger partial charge >= 0.3 is 5.97 Å². The SMILES string of the molecule is C/C=C\c1sc(C(=O)ON)c(Cl)c1/C=C\C. The zero-order valence-corrected chi connectivity index (χ0v) is 10.6. The Morgan fingerprint density at radius 1 is 1.38 bits per heavy atom. The largest absolute Gasteiger partial charge is 0.369 e. The molecule has 0 fully saturated rings. The Hall–Kier alpha value is -1.10. The number of thiophene rings is 1. The summed E-state index contributed by atoms with van der Waals surface area (Å²) < 4.78 is 0. The molecule has 0 aromatic carbocycles. The average Bonchev–Trinajstić information content (AvgIpc) is 2.58. The molecule has 0 saturated carbocycles. The van der Waals surface area contributed by atoms with E-state index >= 15 is 0 Å². The summed E-state index contributed by atoms with van der Waals surface area (Å²) in [4.78, 5) is 16.8. The number of allylic oxidation sites excluding steroid dienone is 2. The second-order valence-corrected chi connectivity index (χ2v) is 4.36.